The number of nitrogens with zero attached hydrogens (tertiary/aromatic N) is 2. The Morgan fingerprint density at radius 1 is 1.07 bits per heavy atom. The van der Waals surface area contributed by atoms with E-state index < -0.39 is 10.0 Å². The highest BCUT2D eigenvalue weighted by Crippen LogP contribution is 2.28. The molecule has 1 heterocycles. The van der Waals surface area contributed by atoms with Crippen molar-refractivity contribution in [2.75, 3.05) is 33.3 Å². The lowest BCUT2D eigenvalue weighted by atomic mass is 10.1. The Balaban J connectivity index is 1.67. The minimum atomic E-state index is -3.79. The molecule has 0 unspecified atom stereocenters. The van der Waals surface area contributed by atoms with Gasteiger partial charge in [0.05, 0.1) is 12.1 Å². The van der Waals surface area contributed by atoms with Gasteiger partial charge in [-0.3, -0.25) is 4.79 Å². The number of benzene rings is 2. The molecule has 6 nitrogen and oxygen atoms in total. The summed E-state index contributed by atoms with van der Waals surface area (Å²) in [5.41, 5.74) is 1.86. The number of piperazine rings is 1. The summed E-state index contributed by atoms with van der Waals surface area (Å²) in [6.07, 6.45) is 3.19. The number of halogens is 2. The summed E-state index contributed by atoms with van der Waals surface area (Å²) in [4.78, 5) is 14.2. The van der Waals surface area contributed by atoms with E-state index in [1.54, 1.807) is 18.1 Å². The molecule has 0 saturated carbocycles. The van der Waals surface area contributed by atoms with Crippen LogP contribution in [0.2, 0.25) is 10.0 Å². The van der Waals surface area contributed by atoms with Gasteiger partial charge in [-0.15, -0.1) is 0 Å². The fraction of sp³-hybridized carbons (Fsp3) is 0.286. The molecule has 0 atom stereocenters. The molecule has 1 fully saturated rings. The molecule has 3 rings (SSSR count). The maximum Gasteiger partial charge on any atom is 0.246 e. The van der Waals surface area contributed by atoms with Crippen LogP contribution in [0.4, 0.5) is 0 Å². The van der Waals surface area contributed by atoms with Gasteiger partial charge < -0.3 is 9.64 Å². The molecule has 1 aliphatic rings. The molecule has 1 amide bonds. The van der Waals surface area contributed by atoms with Crippen molar-refractivity contribution in [3.63, 3.8) is 0 Å². The molecule has 0 aliphatic carbocycles. The first-order chi connectivity index (χ1) is 14.2. The Kier molecular flexibility index (Phi) is 7.08. The van der Waals surface area contributed by atoms with Crippen LogP contribution in [0.3, 0.4) is 0 Å². The fourth-order valence-corrected chi connectivity index (χ4v) is 5.37. The van der Waals surface area contributed by atoms with E-state index in [9.17, 15) is 13.2 Å². The van der Waals surface area contributed by atoms with E-state index in [-0.39, 0.29) is 42.0 Å². The molecule has 0 spiro atoms. The van der Waals surface area contributed by atoms with E-state index in [1.165, 1.54) is 28.6 Å². The Morgan fingerprint density at radius 3 is 2.43 bits per heavy atom. The molecule has 0 N–H and O–H groups in total. The minimum Gasteiger partial charge on any atom is -0.496 e. The highest BCUT2D eigenvalue weighted by molar-refractivity contribution is 7.89. The molecule has 2 aromatic carbocycles. The summed E-state index contributed by atoms with van der Waals surface area (Å²) < 4.78 is 32.4. The lowest BCUT2D eigenvalue weighted by Gasteiger charge is -2.33. The van der Waals surface area contributed by atoms with Crippen molar-refractivity contribution in [3.05, 3.63) is 63.6 Å². The number of aryl methyl sites for hydroxylation is 1. The van der Waals surface area contributed by atoms with Crippen LogP contribution >= 0.6 is 23.2 Å². The quantitative estimate of drug-likeness (QED) is 0.624. The molecule has 1 aliphatic heterocycles. The zero-order chi connectivity index (χ0) is 21.9. The van der Waals surface area contributed by atoms with E-state index in [0.29, 0.717) is 10.8 Å². The summed E-state index contributed by atoms with van der Waals surface area (Å²) >= 11 is 12.0. The van der Waals surface area contributed by atoms with Gasteiger partial charge in [0.1, 0.15) is 10.6 Å². The lowest BCUT2D eigenvalue weighted by molar-refractivity contribution is -0.127. The topological polar surface area (TPSA) is 66.9 Å². The van der Waals surface area contributed by atoms with Crippen molar-refractivity contribution in [1.82, 2.24) is 9.21 Å². The van der Waals surface area contributed by atoms with Crippen LogP contribution in [0.25, 0.3) is 6.08 Å². The van der Waals surface area contributed by atoms with Gasteiger partial charge in [-0.1, -0.05) is 34.8 Å². The molecule has 9 heteroatoms. The predicted molar refractivity (Wildman–Crippen MR) is 119 cm³/mol. The number of hydrogen-bond acceptors (Lipinski definition) is 4. The molecule has 30 heavy (non-hydrogen) atoms. The second-order valence-electron chi connectivity index (χ2n) is 6.88. The fourth-order valence-electron chi connectivity index (χ4n) is 3.21. The van der Waals surface area contributed by atoms with Crippen molar-refractivity contribution in [3.8, 4) is 5.75 Å². The molecular weight excluding hydrogens is 447 g/mol. The average molecular weight is 469 g/mol. The number of carbonyl (C=O) groups is 1. The van der Waals surface area contributed by atoms with Gasteiger partial charge in [0.2, 0.25) is 15.9 Å². The Bertz CT molecular complexity index is 1080. The molecule has 0 bridgehead atoms. The van der Waals surface area contributed by atoms with Gasteiger partial charge in [-0.05, 0) is 43.3 Å². The maximum absolute atomic E-state index is 12.9. The Labute approximate surface area is 186 Å². The van der Waals surface area contributed by atoms with Gasteiger partial charge in [0.15, 0.2) is 0 Å². The predicted octanol–water partition coefficient (Wildman–Crippen LogP) is 3.86. The molecule has 0 radical (unpaired) electrons. The third-order valence-electron chi connectivity index (χ3n) is 4.85. The standard InChI is InChI=1S/C21H22Cl2N2O4S/c1-15-3-7-19(29-2)16(13-15)4-8-21(26)24-9-11-25(12-10-24)30(27,28)20-14-17(22)5-6-18(20)23/h3-8,13-14H,9-12H2,1-2H3/b8-4+. The monoisotopic (exact) mass is 468 g/mol. The SMILES string of the molecule is COc1ccc(C)cc1/C=C/C(=O)N1CCN(S(=O)(=O)c2cc(Cl)ccc2Cl)CC1. The zero-order valence-corrected chi connectivity index (χ0v) is 19.0. The number of sulfonamides is 1. The van der Waals surface area contributed by atoms with Gasteiger partial charge in [-0.25, -0.2) is 8.42 Å². The molecule has 0 aromatic heterocycles. The van der Waals surface area contributed by atoms with Crippen LogP contribution in [0.1, 0.15) is 11.1 Å². The summed E-state index contributed by atoms with van der Waals surface area (Å²) in [5, 5.41) is 0.413. The van der Waals surface area contributed by atoms with Crippen LogP contribution in [0.5, 0.6) is 5.75 Å². The van der Waals surface area contributed by atoms with Crippen LogP contribution in [0, 0.1) is 6.92 Å². The first-order valence-electron chi connectivity index (χ1n) is 9.29. The largest absolute Gasteiger partial charge is 0.496 e. The number of ether oxygens (including phenoxy) is 1. The second kappa shape index (κ2) is 9.39. The summed E-state index contributed by atoms with van der Waals surface area (Å²) in [7, 11) is -2.21. The third-order valence-corrected chi connectivity index (χ3v) is 7.47. The summed E-state index contributed by atoms with van der Waals surface area (Å²) in [6, 6.07) is 10.1. The van der Waals surface area contributed by atoms with Gasteiger partial charge in [0, 0.05) is 42.8 Å². The van der Waals surface area contributed by atoms with E-state index in [1.807, 2.05) is 25.1 Å². The van der Waals surface area contributed by atoms with E-state index in [0.717, 1.165) is 11.1 Å². The minimum absolute atomic E-state index is 0.0251. The number of methoxy groups -OCH3 is 1. The smallest absolute Gasteiger partial charge is 0.246 e. The third kappa shape index (κ3) is 4.98. The van der Waals surface area contributed by atoms with Gasteiger partial charge in [0.25, 0.3) is 0 Å². The van der Waals surface area contributed by atoms with E-state index >= 15 is 0 Å². The maximum atomic E-state index is 12.9. The van der Waals surface area contributed by atoms with E-state index in [4.69, 9.17) is 27.9 Å². The first-order valence-corrected chi connectivity index (χ1v) is 11.5. The number of hydrogen-bond donors (Lipinski definition) is 0. The Hall–Kier alpha value is -2.06. The first kappa shape index (κ1) is 22.6. The van der Waals surface area contributed by atoms with Crippen molar-refractivity contribution in [1.29, 1.82) is 0 Å². The molecule has 2 aromatic rings. The van der Waals surface area contributed by atoms with Crippen LogP contribution in [-0.2, 0) is 14.8 Å². The van der Waals surface area contributed by atoms with Crippen molar-refractivity contribution < 1.29 is 17.9 Å². The van der Waals surface area contributed by atoms with E-state index in [2.05, 4.69) is 0 Å². The number of amides is 1. The number of carbonyl (C=O) groups excluding carboxylic acids is 1. The zero-order valence-electron chi connectivity index (χ0n) is 16.6. The van der Waals surface area contributed by atoms with Crippen LogP contribution in [-0.4, -0.2) is 56.8 Å². The van der Waals surface area contributed by atoms with Gasteiger partial charge in [-0.2, -0.15) is 4.31 Å². The van der Waals surface area contributed by atoms with Crippen molar-refractivity contribution in [2.45, 2.75) is 11.8 Å². The molecule has 1 saturated heterocycles. The normalized spacial score (nSPS) is 15.5. The van der Waals surface area contributed by atoms with Crippen LogP contribution in [0.15, 0.2) is 47.4 Å². The summed E-state index contributed by atoms with van der Waals surface area (Å²) in [5.74, 6) is 0.496. The molecular formula is C21H22Cl2N2O4S. The second-order valence-corrected chi connectivity index (χ2v) is 9.63. The highest BCUT2D eigenvalue weighted by Gasteiger charge is 2.31. The Morgan fingerprint density at radius 2 is 1.77 bits per heavy atom. The van der Waals surface area contributed by atoms with Crippen molar-refractivity contribution in [2.24, 2.45) is 0 Å². The van der Waals surface area contributed by atoms with Crippen LogP contribution < -0.4 is 4.74 Å². The van der Waals surface area contributed by atoms with Crippen molar-refractivity contribution >= 4 is 45.2 Å². The highest BCUT2D eigenvalue weighted by atomic mass is 35.5. The lowest BCUT2D eigenvalue weighted by Crippen LogP contribution is -2.50. The van der Waals surface area contributed by atoms with Gasteiger partial charge >= 0.3 is 0 Å². The average Bonchev–Trinajstić information content (AvgIpc) is 2.73. The summed E-state index contributed by atoms with van der Waals surface area (Å²) in [6.45, 7) is 2.89. The molecule has 160 valence electrons. The number of rotatable bonds is 5.